The van der Waals surface area contributed by atoms with E-state index in [4.69, 9.17) is 0 Å². The number of hydrogen-bond donors (Lipinski definition) is 1. The molecule has 2 aliphatic rings. The van der Waals surface area contributed by atoms with Crippen LogP contribution in [0.25, 0.3) is 10.4 Å². The first-order valence-corrected chi connectivity index (χ1v) is 12.1. The minimum Gasteiger partial charge on any atom is -0.356 e. The summed E-state index contributed by atoms with van der Waals surface area (Å²) >= 11 is 1.73. The largest absolute Gasteiger partial charge is 0.356 e. The van der Waals surface area contributed by atoms with Crippen molar-refractivity contribution in [3.63, 3.8) is 0 Å². The van der Waals surface area contributed by atoms with Crippen molar-refractivity contribution >= 4 is 23.2 Å². The van der Waals surface area contributed by atoms with Gasteiger partial charge in [-0.2, -0.15) is 0 Å². The number of carbonyl (C=O) groups excluding carboxylic acids is 2. The first kappa shape index (κ1) is 21.1. The van der Waals surface area contributed by atoms with Crippen molar-refractivity contribution in [1.29, 1.82) is 0 Å². The molecule has 1 N–H and O–H groups in total. The number of thiophene rings is 1. The molecule has 2 amide bonds. The summed E-state index contributed by atoms with van der Waals surface area (Å²) in [6.07, 6.45) is 4.13. The van der Waals surface area contributed by atoms with E-state index in [2.05, 4.69) is 60.9 Å². The number of rotatable bonds is 7. The Balaban J connectivity index is 1.56. The van der Waals surface area contributed by atoms with Gasteiger partial charge in [-0.3, -0.25) is 9.59 Å². The number of carbonyl (C=O) groups is 2. The summed E-state index contributed by atoms with van der Waals surface area (Å²) in [5.74, 6) is 1.18. The van der Waals surface area contributed by atoms with Crippen LogP contribution in [0.15, 0.2) is 41.8 Å². The molecular weight excluding hydrogens is 392 g/mol. The van der Waals surface area contributed by atoms with E-state index in [1.54, 1.807) is 11.3 Å². The van der Waals surface area contributed by atoms with E-state index >= 15 is 0 Å². The minimum absolute atomic E-state index is 0.150. The van der Waals surface area contributed by atoms with Gasteiger partial charge in [0.1, 0.15) is 0 Å². The molecule has 2 fully saturated rings. The topological polar surface area (TPSA) is 49.4 Å². The molecule has 4 rings (SSSR count). The Kier molecular flexibility index (Phi) is 6.28. The zero-order chi connectivity index (χ0) is 21.1. The smallest absolute Gasteiger partial charge is 0.226 e. The normalized spacial score (nSPS) is 22.5. The van der Waals surface area contributed by atoms with Crippen LogP contribution in [0.5, 0.6) is 0 Å². The van der Waals surface area contributed by atoms with Crippen LogP contribution in [0, 0.1) is 17.3 Å². The quantitative estimate of drug-likeness (QED) is 0.697. The van der Waals surface area contributed by atoms with Crippen molar-refractivity contribution in [3.8, 4) is 10.4 Å². The molecule has 1 saturated carbocycles. The van der Waals surface area contributed by atoms with E-state index in [1.165, 1.54) is 16.0 Å². The lowest BCUT2D eigenvalue weighted by molar-refractivity contribution is -0.141. The third-order valence-electron chi connectivity index (χ3n) is 6.81. The van der Waals surface area contributed by atoms with E-state index in [0.717, 1.165) is 32.1 Å². The van der Waals surface area contributed by atoms with Gasteiger partial charge in [0.2, 0.25) is 11.8 Å². The minimum atomic E-state index is -0.450. The third-order valence-corrected chi connectivity index (χ3v) is 7.71. The van der Waals surface area contributed by atoms with E-state index < -0.39 is 5.41 Å². The van der Waals surface area contributed by atoms with Crippen molar-refractivity contribution in [2.45, 2.75) is 46.0 Å². The van der Waals surface area contributed by atoms with Crippen LogP contribution < -0.4 is 5.32 Å². The molecule has 2 aromatic rings. The first-order chi connectivity index (χ1) is 14.5. The highest BCUT2D eigenvalue weighted by atomic mass is 32.1. The van der Waals surface area contributed by atoms with Crippen molar-refractivity contribution < 1.29 is 9.59 Å². The van der Waals surface area contributed by atoms with E-state index in [0.29, 0.717) is 31.5 Å². The second-order valence-corrected chi connectivity index (χ2v) is 9.94. The number of nitrogens with one attached hydrogen (secondary N) is 1. The molecule has 1 aliphatic carbocycles. The fraction of sp³-hybridized carbons (Fsp3) is 0.520. The van der Waals surface area contributed by atoms with Crippen molar-refractivity contribution in [3.05, 3.63) is 47.3 Å². The molecule has 2 unspecified atom stereocenters. The number of nitrogens with zero attached hydrogens (tertiary/aromatic N) is 1. The molecule has 5 heteroatoms. The molecule has 1 aromatic carbocycles. The second kappa shape index (κ2) is 8.93. The number of benzene rings is 1. The van der Waals surface area contributed by atoms with Crippen LogP contribution in [-0.4, -0.2) is 36.3 Å². The molecule has 0 bridgehead atoms. The average Bonchev–Trinajstić information content (AvgIpc) is 3.25. The molecule has 160 valence electrons. The van der Waals surface area contributed by atoms with Gasteiger partial charge < -0.3 is 10.2 Å². The lowest BCUT2D eigenvalue weighted by Gasteiger charge is -2.41. The molecule has 30 heavy (non-hydrogen) atoms. The van der Waals surface area contributed by atoms with Crippen LogP contribution in [-0.2, 0) is 16.0 Å². The molecule has 0 radical (unpaired) electrons. The van der Waals surface area contributed by atoms with Crippen LogP contribution in [0.2, 0.25) is 0 Å². The van der Waals surface area contributed by atoms with Gasteiger partial charge in [0, 0.05) is 30.4 Å². The molecule has 2 atom stereocenters. The predicted molar refractivity (Wildman–Crippen MR) is 122 cm³/mol. The van der Waals surface area contributed by atoms with Gasteiger partial charge in [-0.1, -0.05) is 44.2 Å². The van der Waals surface area contributed by atoms with Crippen molar-refractivity contribution in [1.82, 2.24) is 10.2 Å². The van der Waals surface area contributed by atoms with Crippen molar-refractivity contribution in [2.75, 3.05) is 19.6 Å². The number of likely N-dealkylation sites (tertiary alicyclic amines) is 1. The van der Waals surface area contributed by atoms with Gasteiger partial charge in [0.15, 0.2) is 0 Å². The molecule has 0 spiro atoms. The molecule has 2 heterocycles. The summed E-state index contributed by atoms with van der Waals surface area (Å²) in [4.78, 5) is 29.3. The van der Waals surface area contributed by atoms with Gasteiger partial charge in [0.05, 0.1) is 5.41 Å². The van der Waals surface area contributed by atoms with Gasteiger partial charge in [-0.15, -0.1) is 11.3 Å². The summed E-state index contributed by atoms with van der Waals surface area (Å²) in [6.45, 7) is 6.30. The Morgan fingerprint density at radius 2 is 1.90 bits per heavy atom. The lowest BCUT2D eigenvalue weighted by atomic mass is 9.72. The van der Waals surface area contributed by atoms with Gasteiger partial charge in [-0.25, -0.2) is 0 Å². The Labute approximate surface area is 183 Å². The average molecular weight is 425 g/mol. The maximum atomic E-state index is 13.3. The number of hydrogen-bond acceptors (Lipinski definition) is 3. The fourth-order valence-electron chi connectivity index (χ4n) is 4.68. The maximum absolute atomic E-state index is 13.3. The molecule has 1 saturated heterocycles. The first-order valence-electron chi connectivity index (χ1n) is 11.2. The van der Waals surface area contributed by atoms with E-state index in [9.17, 15) is 9.59 Å². The van der Waals surface area contributed by atoms with E-state index in [1.807, 2.05) is 4.90 Å². The van der Waals surface area contributed by atoms with E-state index in [-0.39, 0.29) is 11.8 Å². The highest BCUT2D eigenvalue weighted by molar-refractivity contribution is 7.13. The molecule has 1 aromatic heterocycles. The fourth-order valence-corrected chi connectivity index (χ4v) is 5.46. The van der Waals surface area contributed by atoms with Crippen LogP contribution in [0.1, 0.15) is 45.1 Å². The second-order valence-electron chi connectivity index (χ2n) is 8.99. The number of amides is 2. The predicted octanol–water partition coefficient (Wildman–Crippen LogP) is 4.75. The third kappa shape index (κ3) is 4.31. The highest BCUT2D eigenvalue weighted by Crippen LogP contribution is 2.43. The zero-order valence-corrected chi connectivity index (χ0v) is 18.8. The van der Waals surface area contributed by atoms with Crippen molar-refractivity contribution in [2.24, 2.45) is 17.3 Å². The Morgan fingerprint density at radius 1 is 1.17 bits per heavy atom. The Bertz CT molecular complexity index is 884. The van der Waals surface area contributed by atoms with Crippen LogP contribution in [0.4, 0.5) is 0 Å². The molecule has 4 nitrogen and oxygen atoms in total. The monoisotopic (exact) mass is 424 g/mol. The zero-order valence-electron chi connectivity index (χ0n) is 18.0. The van der Waals surface area contributed by atoms with Gasteiger partial charge in [0.25, 0.3) is 0 Å². The maximum Gasteiger partial charge on any atom is 0.226 e. The van der Waals surface area contributed by atoms with Crippen LogP contribution in [0.3, 0.4) is 0 Å². The highest BCUT2D eigenvalue weighted by Gasteiger charge is 2.46. The number of piperidine rings is 1. The molecule has 1 aliphatic heterocycles. The van der Waals surface area contributed by atoms with Gasteiger partial charge >= 0.3 is 0 Å². The van der Waals surface area contributed by atoms with Crippen LogP contribution >= 0.6 is 11.3 Å². The molecular formula is C25H32N2O2S. The summed E-state index contributed by atoms with van der Waals surface area (Å²) in [5, 5.41) is 5.26. The SMILES string of the molecule is CCCNC(=O)C1(Cc2ccccc2-c2cccs2)CCN(C(=O)C2CC2C)CC1. The standard InChI is InChI=1S/C25H32N2O2S/c1-3-12-26-24(29)25(10-13-27(14-11-25)23(28)21-16-18(21)2)17-19-7-4-5-8-20(19)22-9-6-15-30-22/h4-9,15,18,21H,3,10-14,16-17H2,1-2H3,(H,26,29). The Morgan fingerprint density at radius 3 is 2.53 bits per heavy atom. The van der Waals surface area contributed by atoms with Gasteiger partial charge in [-0.05, 0) is 60.6 Å². The lowest BCUT2D eigenvalue weighted by Crippen LogP contribution is -2.51. The summed E-state index contributed by atoms with van der Waals surface area (Å²) in [7, 11) is 0. The Hall–Kier alpha value is -2.14. The summed E-state index contributed by atoms with van der Waals surface area (Å²) in [5.41, 5.74) is 2.00. The summed E-state index contributed by atoms with van der Waals surface area (Å²) < 4.78 is 0. The summed E-state index contributed by atoms with van der Waals surface area (Å²) in [6, 6.07) is 12.7.